The Kier molecular flexibility index (Phi) is 5.94. The normalized spacial score (nSPS) is 29.4. The molecule has 2 aromatic rings. The van der Waals surface area contributed by atoms with Crippen LogP contribution in [0.15, 0.2) is 54.6 Å². The highest BCUT2D eigenvalue weighted by atomic mass is 35.5. The Morgan fingerprint density at radius 2 is 1.42 bits per heavy atom. The Morgan fingerprint density at radius 1 is 0.769 bits per heavy atom. The minimum atomic E-state index is 0.791. The lowest BCUT2D eigenvalue weighted by molar-refractivity contribution is -1.03. The van der Waals surface area contributed by atoms with Gasteiger partial charge in [-0.1, -0.05) is 60.1 Å². The van der Waals surface area contributed by atoms with Gasteiger partial charge < -0.3 is 9.80 Å². The minimum absolute atomic E-state index is 0.791. The lowest BCUT2D eigenvalue weighted by Gasteiger charge is -2.38. The van der Waals surface area contributed by atoms with Gasteiger partial charge in [0.1, 0.15) is 32.7 Å². The largest absolute Gasteiger partial charge is 0.323 e. The molecule has 0 atom stereocenters. The number of rotatable bonds is 4. The summed E-state index contributed by atoms with van der Waals surface area (Å²) in [6, 6.07) is 20.3. The topological polar surface area (TPSA) is 8.88 Å². The quantitative estimate of drug-likeness (QED) is 0.817. The van der Waals surface area contributed by atoms with E-state index in [-0.39, 0.29) is 0 Å². The molecular weight excluding hydrogens is 340 g/mol. The molecule has 1 aliphatic heterocycles. The lowest BCUT2D eigenvalue weighted by Crippen LogP contribution is -3.29. The van der Waals surface area contributed by atoms with Crippen molar-refractivity contribution in [2.75, 3.05) is 26.2 Å². The van der Waals surface area contributed by atoms with Gasteiger partial charge in [-0.25, -0.2) is 0 Å². The maximum absolute atomic E-state index is 6.34. The number of nitrogens with one attached hydrogen (secondary N) is 2. The SMILES string of the molecule is Clc1ccccc1C[NH+]1CC[NH+](C2CCC(c3ccccc3)CC2)CC1. The standard InChI is InChI=1S/C23H29ClN2/c24-23-9-5-4-8-21(23)18-25-14-16-26(17-15-25)22-12-10-20(11-13-22)19-6-2-1-3-7-19/h1-9,20,22H,10-18H2/p+2. The molecule has 1 saturated carbocycles. The molecule has 2 aromatic carbocycles. The van der Waals surface area contributed by atoms with Crippen LogP contribution in [0.2, 0.25) is 5.02 Å². The van der Waals surface area contributed by atoms with E-state index in [1.54, 1.807) is 10.5 Å². The fourth-order valence-electron chi connectivity index (χ4n) is 4.98. The van der Waals surface area contributed by atoms with Gasteiger partial charge in [0.2, 0.25) is 0 Å². The zero-order valence-corrected chi connectivity index (χ0v) is 16.3. The predicted molar refractivity (Wildman–Crippen MR) is 108 cm³/mol. The van der Waals surface area contributed by atoms with E-state index in [2.05, 4.69) is 42.5 Å². The van der Waals surface area contributed by atoms with Gasteiger partial charge in [0.15, 0.2) is 0 Å². The molecule has 2 aliphatic rings. The van der Waals surface area contributed by atoms with Crippen molar-refractivity contribution in [3.05, 3.63) is 70.7 Å². The highest BCUT2D eigenvalue weighted by molar-refractivity contribution is 6.31. The molecule has 1 saturated heterocycles. The summed E-state index contributed by atoms with van der Waals surface area (Å²) < 4.78 is 0. The van der Waals surface area contributed by atoms with E-state index in [0.717, 1.165) is 23.5 Å². The molecule has 2 fully saturated rings. The van der Waals surface area contributed by atoms with Gasteiger partial charge >= 0.3 is 0 Å². The summed E-state index contributed by atoms with van der Waals surface area (Å²) >= 11 is 6.34. The first-order valence-electron chi connectivity index (χ1n) is 10.3. The molecule has 0 aromatic heterocycles. The first kappa shape index (κ1) is 18.0. The van der Waals surface area contributed by atoms with Crippen LogP contribution >= 0.6 is 11.6 Å². The third-order valence-corrected chi connectivity index (χ3v) is 6.94. The molecule has 138 valence electrons. The molecular formula is C23H31ClN2+2. The molecule has 2 N–H and O–H groups in total. The average Bonchev–Trinajstić information content (AvgIpc) is 2.71. The summed E-state index contributed by atoms with van der Waals surface area (Å²) in [6.07, 6.45) is 5.53. The van der Waals surface area contributed by atoms with Crippen molar-refractivity contribution in [2.24, 2.45) is 0 Å². The molecule has 0 unspecified atom stereocenters. The Labute approximate surface area is 162 Å². The Balaban J connectivity index is 1.25. The molecule has 0 radical (unpaired) electrons. The van der Waals surface area contributed by atoms with Crippen LogP contribution in [0.4, 0.5) is 0 Å². The molecule has 26 heavy (non-hydrogen) atoms. The summed E-state index contributed by atoms with van der Waals surface area (Å²) in [5.74, 6) is 0.791. The van der Waals surface area contributed by atoms with Crippen LogP contribution < -0.4 is 9.80 Å². The van der Waals surface area contributed by atoms with Crippen LogP contribution in [0.3, 0.4) is 0 Å². The summed E-state index contributed by atoms with van der Waals surface area (Å²) in [4.78, 5) is 3.55. The molecule has 2 nitrogen and oxygen atoms in total. The molecule has 0 bridgehead atoms. The fraction of sp³-hybridized carbons (Fsp3) is 0.478. The van der Waals surface area contributed by atoms with Crippen LogP contribution in [0.5, 0.6) is 0 Å². The average molecular weight is 371 g/mol. The number of hydrogen-bond donors (Lipinski definition) is 2. The van der Waals surface area contributed by atoms with Gasteiger partial charge in [0, 0.05) is 10.6 Å². The Hall–Kier alpha value is -1.35. The minimum Gasteiger partial charge on any atom is -0.323 e. The third-order valence-electron chi connectivity index (χ3n) is 6.57. The fourth-order valence-corrected chi connectivity index (χ4v) is 5.18. The summed E-state index contributed by atoms with van der Waals surface area (Å²) in [5.41, 5.74) is 2.85. The van der Waals surface area contributed by atoms with Crippen LogP contribution in [0.1, 0.15) is 42.7 Å². The second-order valence-electron chi connectivity index (χ2n) is 8.14. The van der Waals surface area contributed by atoms with Gasteiger partial charge in [-0.3, -0.25) is 0 Å². The molecule has 1 heterocycles. The molecule has 4 rings (SSSR count). The van der Waals surface area contributed by atoms with Gasteiger partial charge in [-0.05, 0) is 43.2 Å². The first-order chi connectivity index (χ1) is 12.8. The zero-order valence-electron chi connectivity index (χ0n) is 15.6. The van der Waals surface area contributed by atoms with Crippen molar-refractivity contribution < 1.29 is 9.80 Å². The zero-order chi connectivity index (χ0) is 17.8. The maximum atomic E-state index is 6.34. The second kappa shape index (κ2) is 8.56. The lowest BCUT2D eigenvalue weighted by atomic mass is 9.81. The van der Waals surface area contributed by atoms with Gasteiger partial charge in [0.05, 0.1) is 6.04 Å². The van der Waals surface area contributed by atoms with E-state index in [1.165, 1.54) is 57.4 Å². The molecule has 0 amide bonds. The van der Waals surface area contributed by atoms with Gasteiger partial charge in [0.25, 0.3) is 0 Å². The number of quaternary nitrogens is 2. The number of hydrogen-bond acceptors (Lipinski definition) is 0. The van der Waals surface area contributed by atoms with Crippen molar-refractivity contribution in [1.29, 1.82) is 0 Å². The Bertz CT molecular complexity index is 686. The summed E-state index contributed by atoms with van der Waals surface area (Å²) in [7, 11) is 0. The molecule has 3 heteroatoms. The number of halogens is 1. The van der Waals surface area contributed by atoms with E-state index in [4.69, 9.17) is 11.6 Å². The van der Waals surface area contributed by atoms with Gasteiger partial charge in [-0.2, -0.15) is 0 Å². The van der Waals surface area contributed by atoms with Crippen LogP contribution in [0, 0.1) is 0 Å². The highest BCUT2D eigenvalue weighted by Gasteiger charge is 2.33. The van der Waals surface area contributed by atoms with Crippen molar-refractivity contribution in [3.8, 4) is 0 Å². The molecule has 0 spiro atoms. The van der Waals surface area contributed by atoms with Crippen molar-refractivity contribution in [3.63, 3.8) is 0 Å². The van der Waals surface area contributed by atoms with Crippen LogP contribution in [0.25, 0.3) is 0 Å². The first-order valence-corrected chi connectivity index (χ1v) is 10.6. The van der Waals surface area contributed by atoms with Crippen molar-refractivity contribution >= 4 is 11.6 Å². The van der Waals surface area contributed by atoms with Crippen molar-refractivity contribution in [1.82, 2.24) is 0 Å². The van der Waals surface area contributed by atoms with Crippen molar-refractivity contribution in [2.45, 2.75) is 44.2 Å². The maximum Gasteiger partial charge on any atom is 0.127 e. The monoisotopic (exact) mass is 370 g/mol. The summed E-state index contributed by atoms with van der Waals surface area (Å²) in [6.45, 7) is 6.27. The van der Waals surface area contributed by atoms with Crippen LogP contribution in [-0.2, 0) is 6.54 Å². The number of benzene rings is 2. The summed E-state index contributed by atoms with van der Waals surface area (Å²) in [5, 5.41) is 0.925. The Morgan fingerprint density at radius 3 is 2.12 bits per heavy atom. The van der Waals surface area contributed by atoms with E-state index in [0.29, 0.717) is 0 Å². The number of piperazine rings is 1. The molecule has 1 aliphatic carbocycles. The van der Waals surface area contributed by atoms with Crippen LogP contribution in [-0.4, -0.2) is 32.2 Å². The second-order valence-corrected chi connectivity index (χ2v) is 8.54. The van der Waals surface area contributed by atoms with E-state index >= 15 is 0 Å². The van der Waals surface area contributed by atoms with Gasteiger partial charge in [-0.15, -0.1) is 0 Å². The smallest absolute Gasteiger partial charge is 0.127 e. The highest BCUT2D eigenvalue weighted by Crippen LogP contribution is 2.31. The van der Waals surface area contributed by atoms with E-state index in [1.807, 2.05) is 17.0 Å². The van der Waals surface area contributed by atoms with E-state index < -0.39 is 0 Å². The third kappa shape index (κ3) is 4.31. The van der Waals surface area contributed by atoms with E-state index in [9.17, 15) is 0 Å². The predicted octanol–water partition coefficient (Wildman–Crippen LogP) is 2.35.